The molecule has 0 unspecified atom stereocenters. The Hall–Kier alpha value is -0.953. The summed E-state index contributed by atoms with van der Waals surface area (Å²) in [5.41, 5.74) is 0. The molecule has 5 nitrogen and oxygen atoms in total. The van der Waals surface area contributed by atoms with Crippen molar-refractivity contribution in [2.24, 2.45) is 0 Å². The van der Waals surface area contributed by atoms with Gasteiger partial charge in [0.15, 0.2) is 0 Å². The molecule has 0 spiro atoms. The van der Waals surface area contributed by atoms with Gasteiger partial charge in [-0.2, -0.15) is 0 Å². The largest absolute Gasteiger partial charge is 0.500 e. The molecule has 17 heavy (non-hydrogen) atoms. The minimum atomic E-state index is -2.41. The fourth-order valence-corrected chi connectivity index (χ4v) is 3.39. The van der Waals surface area contributed by atoms with Crippen LogP contribution in [0, 0.1) is 0 Å². The van der Waals surface area contributed by atoms with Gasteiger partial charge in [0, 0.05) is 27.4 Å². The monoisotopic (exact) mass is 257 g/mol. The summed E-state index contributed by atoms with van der Waals surface area (Å²) in [4.78, 5) is 0. The molecule has 0 saturated heterocycles. The molecule has 0 bridgehead atoms. The average Bonchev–Trinajstić information content (AvgIpc) is 2.83. The summed E-state index contributed by atoms with van der Waals surface area (Å²) in [5.74, 6) is 0. The van der Waals surface area contributed by atoms with Crippen LogP contribution in [0.3, 0.4) is 0 Å². The molecule has 1 aromatic heterocycles. The van der Waals surface area contributed by atoms with Crippen LogP contribution >= 0.6 is 0 Å². The van der Waals surface area contributed by atoms with E-state index in [1.807, 2.05) is 23.3 Å². The second-order valence-corrected chi connectivity index (χ2v) is 6.77. The molecule has 96 valence electrons. The maximum absolute atomic E-state index is 5.36. The van der Waals surface area contributed by atoms with E-state index in [9.17, 15) is 0 Å². The Morgan fingerprint density at radius 3 is 2.41 bits per heavy atom. The van der Waals surface area contributed by atoms with E-state index in [0.717, 1.165) is 19.0 Å². The third-order valence-corrected chi connectivity index (χ3v) is 5.59. The lowest BCUT2D eigenvalue weighted by Gasteiger charge is -2.23. The molecule has 1 aromatic rings. The maximum Gasteiger partial charge on any atom is 0.500 e. The van der Waals surface area contributed by atoms with E-state index in [1.54, 1.807) is 27.5 Å². The first kappa shape index (κ1) is 14.1. The summed E-state index contributed by atoms with van der Waals surface area (Å²) >= 11 is 0. The molecule has 0 aliphatic rings. The lowest BCUT2D eigenvalue weighted by atomic mass is 10.5. The summed E-state index contributed by atoms with van der Waals surface area (Å²) in [6.45, 7) is 4.61. The number of imidazole rings is 1. The van der Waals surface area contributed by atoms with Crippen LogP contribution < -0.4 is 4.57 Å². The van der Waals surface area contributed by atoms with Gasteiger partial charge in [0.1, 0.15) is 12.4 Å². The quantitative estimate of drug-likeness (QED) is 0.518. The van der Waals surface area contributed by atoms with E-state index in [-0.39, 0.29) is 0 Å². The van der Waals surface area contributed by atoms with E-state index < -0.39 is 8.80 Å². The van der Waals surface area contributed by atoms with Gasteiger partial charge in [0.05, 0.1) is 12.7 Å². The van der Waals surface area contributed by atoms with Crippen molar-refractivity contribution in [1.82, 2.24) is 4.57 Å². The van der Waals surface area contributed by atoms with E-state index >= 15 is 0 Å². The highest BCUT2D eigenvalue weighted by Crippen LogP contribution is 2.14. The Morgan fingerprint density at radius 2 is 1.94 bits per heavy atom. The first-order chi connectivity index (χ1) is 8.19. The summed E-state index contributed by atoms with van der Waals surface area (Å²) in [6.07, 6.45) is 8.67. The van der Waals surface area contributed by atoms with Crippen molar-refractivity contribution in [3.05, 3.63) is 25.3 Å². The third kappa shape index (κ3) is 3.78. The van der Waals surface area contributed by atoms with Gasteiger partial charge in [-0.15, -0.1) is 0 Å². The topological polar surface area (TPSA) is 36.5 Å². The molecule has 0 N–H and O–H groups in total. The van der Waals surface area contributed by atoms with Crippen molar-refractivity contribution in [3.63, 3.8) is 0 Å². The van der Waals surface area contributed by atoms with Crippen LogP contribution in [-0.4, -0.2) is 34.7 Å². The smallest absolute Gasteiger partial charge is 0.377 e. The van der Waals surface area contributed by atoms with Crippen molar-refractivity contribution in [3.8, 4) is 0 Å². The normalized spacial score (nSPS) is 11.7. The molecule has 6 heteroatoms. The van der Waals surface area contributed by atoms with Crippen molar-refractivity contribution in [2.75, 3.05) is 21.3 Å². The van der Waals surface area contributed by atoms with Gasteiger partial charge in [0.25, 0.3) is 0 Å². The average molecular weight is 257 g/mol. The summed E-state index contributed by atoms with van der Waals surface area (Å²) < 4.78 is 20.1. The molecular weight excluding hydrogens is 236 g/mol. The molecule has 0 amide bonds. The number of rotatable bonds is 8. The van der Waals surface area contributed by atoms with Gasteiger partial charge in [-0.3, -0.25) is 0 Å². The number of aryl methyl sites for hydroxylation is 1. The van der Waals surface area contributed by atoms with E-state index in [4.69, 9.17) is 13.3 Å². The van der Waals surface area contributed by atoms with Crippen LogP contribution in [0.4, 0.5) is 0 Å². The highest BCUT2D eigenvalue weighted by atomic mass is 28.4. The summed E-state index contributed by atoms with van der Waals surface area (Å²) in [6, 6.07) is 0.808. The molecule has 0 aliphatic carbocycles. The van der Waals surface area contributed by atoms with Gasteiger partial charge >= 0.3 is 8.80 Å². The van der Waals surface area contributed by atoms with E-state index in [2.05, 4.69) is 11.1 Å². The fourth-order valence-electron chi connectivity index (χ4n) is 1.69. The van der Waals surface area contributed by atoms with Crippen LogP contribution in [0.15, 0.2) is 25.3 Å². The second kappa shape index (κ2) is 6.70. The number of hydrogen-bond acceptors (Lipinski definition) is 3. The maximum atomic E-state index is 5.36. The van der Waals surface area contributed by atoms with Crippen molar-refractivity contribution in [2.45, 2.75) is 19.0 Å². The Morgan fingerprint density at radius 1 is 1.29 bits per heavy atom. The molecule has 0 aliphatic heterocycles. The number of aromatic nitrogens is 2. The minimum absolute atomic E-state index is 0.808. The summed E-state index contributed by atoms with van der Waals surface area (Å²) in [7, 11) is 2.51. The van der Waals surface area contributed by atoms with Crippen LogP contribution in [0.1, 0.15) is 6.42 Å². The van der Waals surface area contributed by atoms with Crippen LogP contribution in [0.25, 0.3) is 6.20 Å². The first-order valence-electron chi connectivity index (χ1n) is 5.54. The third-order valence-electron chi connectivity index (χ3n) is 2.76. The Labute approximate surface area is 104 Å². The Kier molecular flexibility index (Phi) is 5.56. The van der Waals surface area contributed by atoms with Crippen LogP contribution in [0.5, 0.6) is 0 Å². The molecule has 0 fully saturated rings. The fraction of sp³-hybridized carbons (Fsp3) is 0.545. The molecule has 0 atom stereocenters. The van der Waals surface area contributed by atoms with Crippen molar-refractivity contribution >= 4 is 15.0 Å². The highest BCUT2D eigenvalue weighted by molar-refractivity contribution is 6.60. The zero-order chi connectivity index (χ0) is 12.7. The van der Waals surface area contributed by atoms with Crippen LogP contribution in [-0.2, 0) is 19.8 Å². The second-order valence-electron chi connectivity index (χ2n) is 3.68. The van der Waals surface area contributed by atoms with Crippen LogP contribution in [0.2, 0.25) is 6.04 Å². The predicted molar refractivity (Wildman–Crippen MR) is 67.2 cm³/mol. The number of hydrogen-bond donors (Lipinski definition) is 0. The van der Waals surface area contributed by atoms with Crippen molar-refractivity contribution < 1.29 is 17.8 Å². The Balaban J connectivity index is 2.43. The molecular formula is C11H21N2O3Si+. The van der Waals surface area contributed by atoms with Gasteiger partial charge < -0.3 is 13.3 Å². The first-order valence-corrected chi connectivity index (χ1v) is 7.47. The van der Waals surface area contributed by atoms with Gasteiger partial charge in [-0.1, -0.05) is 6.58 Å². The van der Waals surface area contributed by atoms with Crippen molar-refractivity contribution in [1.29, 1.82) is 0 Å². The SMILES string of the molecule is C=Cn1cc[n+](CCC[Si](OC)(OC)OC)c1. The lowest BCUT2D eigenvalue weighted by Crippen LogP contribution is -2.43. The highest BCUT2D eigenvalue weighted by Gasteiger charge is 2.37. The Bertz CT molecular complexity index is 342. The minimum Gasteiger partial charge on any atom is -0.377 e. The molecule has 0 aromatic carbocycles. The zero-order valence-corrected chi connectivity index (χ0v) is 11.8. The van der Waals surface area contributed by atoms with E-state index in [0.29, 0.717) is 0 Å². The van der Waals surface area contributed by atoms with E-state index in [1.165, 1.54) is 0 Å². The molecule has 0 saturated carbocycles. The lowest BCUT2D eigenvalue weighted by molar-refractivity contribution is -0.696. The molecule has 0 radical (unpaired) electrons. The van der Waals surface area contributed by atoms with Gasteiger partial charge in [-0.25, -0.2) is 9.13 Å². The predicted octanol–water partition coefficient (Wildman–Crippen LogP) is 1.14. The molecule has 1 rings (SSSR count). The van der Waals surface area contributed by atoms with Gasteiger partial charge in [-0.05, 0) is 6.42 Å². The molecule has 1 heterocycles. The zero-order valence-electron chi connectivity index (χ0n) is 10.8. The number of nitrogens with zero attached hydrogens (tertiary/aromatic N) is 2. The standard InChI is InChI=1S/C11H21N2O3Si/c1-5-12-8-9-13(11-12)7-6-10-17(14-2,15-3)16-4/h5,8-9,11H,1,6-7,10H2,2-4H3/q+1. The van der Waals surface area contributed by atoms with Gasteiger partial charge in [0.2, 0.25) is 6.33 Å². The summed E-state index contributed by atoms with van der Waals surface area (Å²) in [5, 5.41) is 0.